The number of hydrogen-bond donors (Lipinski definition) is 0. The third kappa shape index (κ3) is 6.47. The lowest BCUT2D eigenvalue weighted by Gasteiger charge is -2.42. The Morgan fingerprint density at radius 2 is 1.38 bits per heavy atom. The molecule has 4 rings (SSSR count). The van der Waals surface area contributed by atoms with Crippen molar-refractivity contribution in [2.75, 3.05) is 0 Å². The van der Waals surface area contributed by atoms with Gasteiger partial charge in [0.2, 0.25) is 0 Å². The highest BCUT2D eigenvalue weighted by atomic mass is 19.2. The van der Waals surface area contributed by atoms with E-state index in [0.29, 0.717) is 5.92 Å². The molecule has 0 spiro atoms. The van der Waals surface area contributed by atoms with E-state index >= 15 is 0 Å². The van der Waals surface area contributed by atoms with Crippen LogP contribution in [-0.4, -0.2) is 0 Å². The molecule has 4 unspecified atom stereocenters. The Labute approximate surface area is 203 Å². The fourth-order valence-corrected chi connectivity index (χ4v) is 6.20. The first-order valence-corrected chi connectivity index (χ1v) is 13.3. The highest BCUT2D eigenvalue weighted by Crippen LogP contribution is 2.48. The predicted octanol–water partition coefficient (Wildman–Crippen LogP) is 9.16. The lowest BCUT2D eigenvalue weighted by Crippen LogP contribution is -2.30. The quantitative estimate of drug-likeness (QED) is 0.217. The molecule has 0 aromatic heterocycles. The molecule has 2 aromatic carbocycles. The Bertz CT molecular complexity index is 975. The van der Waals surface area contributed by atoms with Crippen molar-refractivity contribution < 1.29 is 13.2 Å². The van der Waals surface area contributed by atoms with Crippen molar-refractivity contribution in [3.63, 3.8) is 0 Å². The molecule has 0 saturated heterocycles. The van der Waals surface area contributed by atoms with Gasteiger partial charge in [-0.1, -0.05) is 75.8 Å². The average molecular weight is 467 g/mol. The van der Waals surface area contributed by atoms with Gasteiger partial charge in [-0.05, 0) is 85.6 Å². The zero-order chi connectivity index (χ0) is 23.9. The van der Waals surface area contributed by atoms with Crippen LogP contribution in [-0.2, 0) is 0 Å². The maximum atomic E-state index is 13.4. The van der Waals surface area contributed by atoms with Crippen LogP contribution in [0.2, 0.25) is 0 Å². The molecule has 0 bridgehead atoms. The molecule has 0 aliphatic heterocycles. The summed E-state index contributed by atoms with van der Waals surface area (Å²) in [7, 11) is 0. The Morgan fingerprint density at radius 3 is 2.12 bits per heavy atom. The molecule has 0 radical (unpaired) electrons. The molecule has 2 aromatic rings. The highest BCUT2D eigenvalue weighted by Gasteiger charge is 2.35. The summed E-state index contributed by atoms with van der Waals surface area (Å²) in [5, 5.41) is 0. The van der Waals surface area contributed by atoms with E-state index in [2.05, 4.69) is 30.9 Å². The second-order valence-corrected chi connectivity index (χ2v) is 10.5. The Balaban J connectivity index is 1.28. The monoisotopic (exact) mass is 466 g/mol. The first kappa shape index (κ1) is 24.9. The summed E-state index contributed by atoms with van der Waals surface area (Å²) in [6, 6.07) is 10.1. The maximum Gasteiger partial charge on any atom is 0.194 e. The minimum absolute atomic E-state index is 0.135. The van der Waals surface area contributed by atoms with Crippen molar-refractivity contribution in [2.24, 2.45) is 17.8 Å². The minimum atomic E-state index is -1.46. The normalized spacial score (nSPS) is 24.2. The van der Waals surface area contributed by atoms with Crippen molar-refractivity contribution >= 4 is 0 Å². The Hall–Kier alpha value is -2.21. The average Bonchev–Trinajstić information content (AvgIpc) is 2.86. The molecular weight excluding hydrogens is 429 g/mol. The molecule has 4 atom stereocenters. The second kappa shape index (κ2) is 12.0. The lowest BCUT2D eigenvalue weighted by molar-refractivity contribution is 0.113. The first-order chi connectivity index (χ1) is 16.5. The van der Waals surface area contributed by atoms with Crippen LogP contribution in [0.15, 0.2) is 36.4 Å². The highest BCUT2D eigenvalue weighted by molar-refractivity contribution is 5.44. The van der Waals surface area contributed by atoms with Crippen LogP contribution in [0.3, 0.4) is 0 Å². The smallest absolute Gasteiger partial charge is 0.194 e. The van der Waals surface area contributed by atoms with E-state index in [1.165, 1.54) is 82.6 Å². The van der Waals surface area contributed by atoms with Gasteiger partial charge in [0.05, 0.1) is 0 Å². The van der Waals surface area contributed by atoms with E-state index in [-0.39, 0.29) is 5.56 Å². The third-order valence-electron chi connectivity index (χ3n) is 8.15. The molecule has 2 fully saturated rings. The zero-order valence-corrected chi connectivity index (χ0v) is 20.4. The summed E-state index contributed by atoms with van der Waals surface area (Å²) in [5.41, 5.74) is 2.30. The summed E-state index contributed by atoms with van der Waals surface area (Å²) in [6.45, 7) is 2.28. The van der Waals surface area contributed by atoms with Crippen molar-refractivity contribution in [3.8, 4) is 11.8 Å². The fourth-order valence-electron chi connectivity index (χ4n) is 6.20. The van der Waals surface area contributed by atoms with Crippen LogP contribution >= 0.6 is 0 Å². The van der Waals surface area contributed by atoms with Gasteiger partial charge < -0.3 is 0 Å². The summed E-state index contributed by atoms with van der Waals surface area (Å²) in [4.78, 5) is 0. The van der Waals surface area contributed by atoms with Crippen LogP contribution < -0.4 is 0 Å². The molecule has 0 nitrogen and oxygen atoms in total. The standard InChI is InChI=1S/C31H37F3/c1-2-3-4-5-6-7-23-12-15-28-21-27(17-16-26(28)18-23)25-13-10-22(11-14-25)8-9-24-19-29(32)31(34)30(33)20-24/h10-11,13-14,19-20,23,26-28H,2-7,12,15-18,21H2,1H3. The van der Waals surface area contributed by atoms with Gasteiger partial charge >= 0.3 is 0 Å². The van der Waals surface area contributed by atoms with Crippen molar-refractivity contribution in [3.05, 3.63) is 70.5 Å². The van der Waals surface area contributed by atoms with Gasteiger partial charge in [-0.2, -0.15) is 0 Å². The van der Waals surface area contributed by atoms with Crippen LogP contribution in [0.4, 0.5) is 13.2 Å². The van der Waals surface area contributed by atoms with Crippen molar-refractivity contribution in [2.45, 2.75) is 89.9 Å². The van der Waals surface area contributed by atoms with E-state index in [1.54, 1.807) is 0 Å². The number of rotatable bonds is 7. The number of halogens is 3. The lowest BCUT2D eigenvalue weighted by atomic mass is 9.63. The predicted molar refractivity (Wildman–Crippen MR) is 133 cm³/mol. The molecule has 34 heavy (non-hydrogen) atoms. The van der Waals surface area contributed by atoms with Crippen molar-refractivity contribution in [1.29, 1.82) is 0 Å². The second-order valence-electron chi connectivity index (χ2n) is 10.5. The maximum absolute atomic E-state index is 13.4. The minimum Gasteiger partial charge on any atom is -0.204 e. The molecule has 0 amide bonds. The Kier molecular flexibility index (Phi) is 8.76. The van der Waals surface area contributed by atoms with Gasteiger partial charge in [-0.3, -0.25) is 0 Å². The molecule has 0 N–H and O–H groups in total. The number of fused-ring (bicyclic) bond motifs is 1. The Morgan fingerprint density at radius 1 is 0.735 bits per heavy atom. The zero-order valence-electron chi connectivity index (χ0n) is 20.4. The van der Waals surface area contributed by atoms with Gasteiger partial charge in [0, 0.05) is 11.1 Å². The molecule has 0 heterocycles. The number of hydrogen-bond acceptors (Lipinski definition) is 0. The van der Waals surface area contributed by atoms with Crippen LogP contribution in [0.25, 0.3) is 0 Å². The molecule has 182 valence electrons. The van der Waals surface area contributed by atoms with E-state index < -0.39 is 17.5 Å². The van der Waals surface area contributed by atoms with Gasteiger partial charge in [0.15, 0.2) is 17.5 Å². The van der Waals surface area contributed by atoms with Gasteiger partial charge in [-0.25, -0.2) is 13.2 Å². The fraction of sp³-hybridized carbons (Fsp3) is 0.548. The summed E-state index contributed by atoms with van der Waals surface area (Å²) in [5.74, 6) is 5.17. The van der Waals surface area contributed by atoms with Gasteiger partial charge in [0.1, 0.15) is 0 Å². The van der Waals surface area contributed by atoms with E-state index in [9.17, 15) is 13.2 Å². The van der Waals surface area contributed by atoms with Crippen molar-refractivity contribution in [1.82, 2.24) is 0 Å². The number of unbranched alkanes of at least 4 members (excludes halogenated alkanes) is 4. The first-order valence-electron chi connectivity index (χ1n) is 13.3. The molecular formula is C31H37F3. The summed E-state index contributed by atoms with van der Waals surface area (Å²) >= 11 is 0. The third-order valence-corrected chi connectivity index (χ3v) is 8.15. The SMILES string of the molecule is CCCCCCCC1CCC2CC(c3ccc(C#Cc4cc(F)c(F)c(F)c4)cc3)CCC2C1. The van der Waals surface area contributed by atoms with Crippen LogP contribution in [0, 0.1) is 47.0 Å². The van der Waals surface area contributed by atoms with Gasteiger partial charge in [0.25, 0.3) is 0 Å². The topological polar surface area (TPSA) is 0 Å². The summed E-state index contributed by atoms with van der Waals surface area (Å²) in [6.07, 6.45) is 16.6. The van der Waals surface area contributed by atoms with Crippen LogP contribution in [0.1, 0.15) is 107 Å². The molecule has 3 heteroatoms. The largest absolute Gasteiger partial charge is 0.204 e. The molecule has 2 aliphatic rings. The molecule has 2 aliphatic carbocycles. The van der Waals surface area contributed by atoms with Gasteiger partial charge in [-0.15, -0.1) is 0 Å². The van der Waals surface area contributed by atoms with E-state index in [1.807, 2.05) is 12.1 Å². The van der Waals surface area contributed by atoms with E-state index in [0.717, 1.165) is 35.4 Å². The van der Waals surface area contributed by atoms with Crippen LogP contribution in [0.5, 0.6) is 0 Å². The van der Waals surface area contributed by atoms with E-state index in [4.69, 9.17) is 0 Å². The summed E-state index contributed by atoms with van der Waals surface area (Å²) < 4.78 is 39.9. The number of benzene rings is 2. The molecule has 2 saturated carbocycles.